The van der Waals surface area contributed by atoms with Gasteiger partial charge in [-0.2, -0.15) is 0 Å². The SMILES string of the molecule is CCN(C(=O)c1ccncc1C#CCN)C1CC1. The van der Waals surface area contributed by atoms with E-state index in [0.717, 1.165) is 19.4 Å². The first kappa shape index (κ1) is 12.6. The fraction of sp³-hybridized carbons (Fsp3) is 0.429. The third kappa shape index (κ3) is 2.69. The average molecular weight is 243 g/mol. The number of pyridine rings is 1. The fourth-order valence-corrected chi connectivity index (χ4v) is 1.94. The molecule has 0 aliphatic heterocycles. The number of hydrogen-bond donors (Lipinski definition) is 1. The molecule has 0 radical (unpaired) electrons. The van der Waals surface area contributed by atoms with E-state index in [-0.39, 0.29) is 12.5 Å². The smallest absolute Gasteiger partial charge is 0.255 e. The number of rotatable bonds is 3. The van der Waals surface area contributed by atoms with Crippen LogP contribution in [0.15, 0.2) is 18.5 Å². The Morgan fingerprint density at radius 2 is 2.39 bits per heavy atom. The summed E-state index contributed by atoms with van der Waals surface area (Å²) in [6.45, 7) is 3.01. The number of amides is 1. The van der Waals surface area contributed by atoms with Crippen LogP contribution in [0.25, 0.3) is 0 Å². The summed E-state index contributed by atoms with van der Waals surface area (Å²) in [5.74, 6) is 5.72. The van der Waals surface area contributed by atoms with Crippen molar-refractivity contribution in [3.8, 4) is 11.8 Å². The van der Waals surface area contributed by atoms with E-state index >= 15 is 0 Å². The number of nitrogens with two attached hydrogens (primary N) is 1. The van der Waals surface area contributed by atoms with E-state index in [2.05, 4.69) is 16.8 Å². The van der Waals surface area contributed by atoms with Crippen molar-refractivity contribution in [2.45, 2.75) is 25.8 Å². The van der Waals surface area contributed by atoms with Gasteiger partial charge in [-0.15, -0.1) is 0 Å². The summed E-state index contributed by atoms with van der Waals surface area (Å²) in [7, 11) is 0. The summed E-state index contributed by atoms with van der Waals surface area (Å²) < 4.78 is 0. The van der Waals surface area contributed by atoms with Gasteiger partial charge in [0.25, 0.3) is 5.91 Å². The Hall–Kier alpha value is -1.86. The topological polar surface area (TPSA) is 59.2 Å². The molecule has 0 atom stereocenters. The van der Waals surface area contributed by atoms with Crippen LogP contribution in [0.5, 0.6) is 0 Å². The number of nitrogens with zero attached hydrogens (tertiary/aromatic N) is 2. The lowest BCUT2D eigenvalue weighted by atomic mass is 10.1. The third-order valence-corrected chi connectivity index (χ3v) is 2.97. The lowest BCUT2D eigenvalue weighted by Gasteiger charge is -2.20. The molecule has 2 rings (SSSR count). The molecule has 0 unspecified atom stereocenters. The first-order valence-corrected chi connectivity index (χ1v) is 6.21. The van der Waals surface area contributed by atoms with Gasteiger partial charge in [-0.05, 0) is 25.8 Å². The molecule has 1 aromatic heterocycles. The van der Waals surface area contributed by atoms with Gasteiger partial charge in [-0.25, -0.2) is 0 Å². The van der Waals surface area contributed by atoms with Crippen molar-refractivity contribution in [2.24, 2.45) is 5.73 Å². The molecule has 94 valence electrons. The first-order chi connectivity index (χ1) is 8.77. The van der Waals surface area contributed by atoms with Gasteiger partial charge in [0.05, 0.1) is 17.7 Å². The van der Waals surface area contributed by atoms with Crippen molar-refractivity contribution >= 4 is 5.91 Å². The zero-order valence-corrected chi connectivity index (χ0v) is 10.5. The predicted octanol–water partition coefficient (Wildman–Crippen LogP) is 1.02. The summed E-state index contributed by atoms with van der Waals surface area (Å²) in [4.78, 5) is 18.4. The van der Waals surface area contributed by atoms with Gasteiger partial charge in [0.1, 0.15) is 0 Å². The van der Waals surface area contributed by atoms with E-state index in [1.807, 2.05) is 11.8 Å². The van der Waals surface area contributed by atoms with Crippen molar-refractivity contribution in [3.05, 3.63) is 29.6 Å². The minimum absolute atomic E-state index is 0.0451. The average Bonchev–Trinajstić information content (AvgIpc) is 3.22. The molecule has 2 N–H and O–H groups in total. The third-order valence-electron chi connectivity index (χ3n) is 2.97. The summed E-state index contributed by atoms with van der Waals surface area (Å²) in [5.41, 5.74) is 6.64. The maximum absolute atomic E-state index is 12.4. The number of aromatic nitrogens is 1. The van der Waals surface area contributed by atoms with Crippen LogP contribution in [-0.4, -0.2) is 34.9 Å². The van der Waals surface area contributed by atoms with Crippen LogP contribution in [0.2, 0.25) is 0 Å². The summed E-state index contributed by atoms with van der Waals surface area (Å²) in [6.07, 6.45) is 5.46. The highest BCUT2D eigenvalue weighted by Gasteiger charge is 2.32. The largest absolute Gasteiger partial charge is 0.336 e. The minimum Gasteiger partial charge on any atom is -0.336 e. The van der Waals surface area contributed by atoms with Crippen LogP contribution in [-0.2, 0) is 0 Å². The molecule has 0 saturated heterocycles. The van der Waals surface area contributed by atoms with Gasteiger partial charge in [-0.3, -0.25) is 9.78 Å². The van der Waals surface area contributed by atoms with E-state index in [0.29, 0.717) is 17.2 Å². The molecular weight excluding hydrogens is 226 g/mol. The first-order valence-electron chi connectivity index (χ1n) is 6.21. The van der Waals surface area contributed by atoms with Gasteiger partial charge in [0.15, 0.2) is 0 Å². The van der Waals surface area contributed by atoms with Crippen molar-refractivity contribution in [2.75, 3.05) is 13.1 Å². The molecule has 1 aromatic rings. The van der Waals surface area contributed by atoms with E-state index in [1.165, 1.54) is 0 Å². The van der Waals surface area contributed by atoms with Gasteiger partial charge in [-0.1, -0.05) is 11.8 Å². The molecular formula is C14H17N3O. The van der Waals surface area contributed by atoms with Crippen molar-refractivity contribution < 1.29 is 4.79 Å². The summed E-state index contributed by atoms with van der Waals surface area (Å²) in [5, 5.41) is 0. The van der Waals surface area contributed by atoms with Gasteiger partial charge in [0.2, 0.25) is 0 Å². The normalized spacial score (nSPS) is 13.7. The second-order valence-corrected chi connectivity index (χ2v) is 4.25. The summed E-state index contributed by atoms with van der Waals surface area (Å²) in [6, 6.07) is 2.14. The standard InChI is InChI=1S/C14H17N3O/c1-2-17(12-5-6-12)14(18)13-7-9-16-10-11(13)4-3-8-15/h7,9-10,12H,2,5-6,8,15H2,1H3. The van der Waals surface area contributed by atoms with Crippen LogP contribution in [0, 0.1) is 11.8 Å². The maximum Gasteiger partial charge on any atom is 0.255 e. The van der Waals surface area contributed by atoms with Crippen molar-refractivity contribution in [1.82, 2.24) is 9.88 Å². The lowest BCUT2D eigenvalue weighted by molar-refractivity contribution is 0.0752. The Morgan fingerprint density at radius 1 is 1.61 bits per heavy atom. The van der Waals surface area contributed by atoms with Crippen molar-refractivity contribution in [3.63, 3.8) is 0 Å². The molecule has 0 spiro atoms. The number of hydrogen-bond acceptors (Lipinski definition) is 3. The molecule has 4 nitrogen and oxygen atoms in total. The van der Waals surface area contributed by atoms with Crippen molar-refractivity contribution in [1.29, 1.82) is 0 Å². The van der Waals surface area contributed by atoms with Gasteiger partial charge < -0.3 is 10.6 Å². The highest BCUT2D eigenvalue weighted by Crippen LogP contribution is 2.28. The molecule has 0 aromatic carbocycles. The Balaban J connectivity index is 2.28. The maximum atomic E-state index is 12.4. The number of carbonyl (C=O) groups is 1. The molecule has 1 fully saturated rings. The zero-order valence-electron chi connectivity index (χ0n) is 10.5. The van der Waals surface area contributed by atoms with Gasteiger partial charge in [0, 0.05) is 25.0 Å². The Labute approximate surface area is 107 Å². The second kappa shape index (κ2) is 5.65. The molecule has 1 saturated carbocycles. The summed E-state index contributed by atoms with van der Waals surface area (Å²) >= 11 is 0. The van der Waals surface area contributed by atoms with E-state index in [4.69, 9.17) is 5.73 Å². The van der Waals surface area contributed by atoms with E-state index in [9.17, 15) is 4.79 Å². The van der Waals surface area contributed by atoms with E-state index < -0.39 is 0 Å². The van der Waals surface area contributed by atoms with Crippen LogP contribution >= 0.6 is 0 Å². The highest BCUT2D eigenvalue weighted by atomic mass is 16.2. The molecule has 1 heterocycles. The fourth-order valence-electron chi connectivity index (χ4n) is 1.94. The van der Waals surface area contributed by atoms with Crippen LogP contribution < -0.4 is 5.73 Å². The van der Waals surface area contributed by atoms with Gasteiger partial charge >= 0.3 is 0 Å². The monoisotopic (exact) mass is 243 g/mol. The molecule has 1 aliphatic rings. The number of carbonyl (C=O) groups excluding carboxylic acids is 1. The van der Waals surface area contributed by atoms with Crippen LogP contribution in [0.3, 0.4) is 0 Å². The molecule has 4 heteroatoms. The van der Waals surface area contributed by atoms with Crippen LogP contribution in [0.1, 0.15) is 35.7 Å². The Morgan fingerprint density at radius 3 is 3.00 bits per heavy atom. The lowest BCUT2D eigenvalue weighted by Crippen LogP contribution is -2.33. The Bertz CT molecular complexity index is 497. The molecule has 1 amide bonds. The quantitative estimate of drug-likeness (QED) is 0.806. The van der Waals surface area contributed by atoms with Crippen LogP contribution in [0.4, 0.5) is 0 Å². The zero-order chi connectivity index (χ0) is 13.0. The minimum atomic E-state index is 0.0451. The second-order valence-electron chi connectivity index (χ2n) is 4.25. The molecule has 1 aliphatic carbocycles. The predicted molar refractivity (Wildman–Crippen MR) is 69.9 cm³/mol. The highest BCUT2D eigenvalue weighted by molar-refractivity contribution is 5.97. The molecule has 0 bridgehead atoms. The Kier molecular flexibility index (Phi) is 3.96. The van der Waals surface area contributed by atoms with E-state index in [1.54, 1.807) is 18.5 Å². The molecule has 18 heavy (non-hydrogen) atoms.